The highest BCUT2D eigenvalue weighted by Crippen LogP contribution is 2.35. The Labute approximate surface area is 145 Å². The predicted octanol–water partition coefficient (Wildman–Crippen LogP) is 0.508. The molecule has 0 radical (unpaired) electrons. The predicted molar refractivity (Wildman–Crippen MR) is 93.9 cm³/mol. The Bertz CT molecular complexity index is 571. The van der Waals surface area contributed by atoms with E-state index < -0.39 is 30.5 Å². The molecule has 6 atom stereocenters. The SMILES string of the molecule is CCN=C1N[C@@H]2[C@@H](O)[C@H](O)[C@@H]([C@H](O)CCc3ccccc3)O[C@@H]2S1. The summed E-state index contributed by atoms with van der Waals surface area (Å²) in [7, 11) is 0. The molecule has 0 saturated carbocycles. The molecule has 0 spiro atoms. The highest BCUT2D eigenvalue weighted by molar-refractivity contribution is 8.14. The van der Waals surface area contributed by atoms with Crippen LogP contribution in [0.25, 0.3) is 0 Å². The van der Waals surface area contributed by atoms with E-state index in [1.807, 2.05) is 37.3 Å². The van der Waals surface area contributed by atoms with E-state index in [-0.39, 0.29) is 5.44 Å². The molecule has 0 amide bonds. The van der Waals surface area contributed by atoms with Crippen molar-refractivity contribution in [2.75, 3.05) is 6.54 Å². The smallest absolute Gasteiger partial charge is 0.159 e. The van der Waals surface area contributed by atoms with Gasteiger partial charge in [0.05, 0.1) is 12.1 Å². The number of nitrogens with zero attached hydrogens (tertiary/aromatic N) is 1. The van der Waals surface area contributed by atoms with Gasteiger partial charge in [-0.3, -0.25) is 4.99 Å². The number of ether oxygens (including phenoxy) is 1. The molecule has 2 saturated heterocycles. The van der Waals surface area contributed by atoms with Crippen LogP contribution >= 0.6 is 11.8 Å². The Hall–Kier alpha value is -1.12. The van der Waals surface area contributed by atoms with E-state index in [2.05, 4.69) is 10.3 Å². The summed E-state index contributed by atoms with van der Waals surface area (Å²) in [6.45, 7) is 2.57. The van der Waals surface area contributed by atoms with Crippen LogP contribution in [0.5, 0.6) is 0 Å². The average molecular weight is 352 g/mol. The summed E-state index contributed by atoms with van der Waals surface area (Å²) in [5.41, 5.74) is 0.764. The second kappa shape index (κ2) is 7.84. The molecule has 2 aliphatic rings. The first-order chi connectivity index (χ1) is 11.6. The van der Waals surface area contributed by atoms with Gasteiger partial charge in [0.15, 0.2) is 5.17 Å². The van der Waals surface area contributed by atoms with Crippen LogP contribution in [0, 0.1) is 0 Å². The second-order valence-electron chi connectivity index (χ2n) is 6.11. The average Bonchev–Trinajstić information content (AvgIpc) is 3.00. The zero-order chi connectivity index (χ0) is 17.1. The lowest BCUT2D eigenvalue weighted by atomic mass is 9.92. The number of aliphatic hydroxyl groups is 3. The van der Waals surface area contributed by atoms with E-state index in [1.54, 1.807) is 0 Å². The minimum absolute atomic E-state index is 0.356. The first-order valence-electron chi connectivity index (χ1n) is 8.31. The molecular weight excluding hydrogens is 328 g/mol. The Morgan fingerprint density at radius 3 is 2.71 bits per heavy atom. The number of rotatable bonds is 5. The normalized spacial score (nSPS) is 35.5. The highest BCUT2D eigenvalue weighted by Gasteiger charge is 2.50. The van der Waals surface area contributed by atoms with Gasteiger partial charge >= 0.3 is 0 Å². The van der Waals surface area contributed by atoms with Gasteiger partial charge in [-0.1, -0.05) is 42.1 Å². The minimum atomic E-state index is -1.13. The zero-order valence-corrected chi connectivity index (χ0v) is 14.4. The summed E-state index contributed by atoms with van der Waals surface area (Å²) >= 11 is 1.40. The number of aliphatic hydroxyl groups excluding tert-OH is 3. The van der Waals surface area contributed by atoms with Gasteiger partial charge in [0.25, 0.3) is 0 Å². The molecule has 1 aromatic rings. The van der Waals surface area contributed by atoms with Crippen molar-refractivity contribution < 1.29 is 20.1 Å². The molecule has 132 valence electrons. The molecule has 1 aromatic carbocycles. The van der Waals surface area contributed by atoms with Gasteiger partial charge in [0, 0.05) is 6.54 Å². The van der Waals surface area contributed by atoms with Crippen LogP contribution in [0.1, 0.15) is 18.9 Å². The monoisotopic (exact) mass is 352 g/mol. The van der Waals surface area contributed by atoms with E-state index in [1.165, 1.54) is 11.8 Å². The largest absolute Gasteiger partial charge is 0.390 e. The number of hydrogen-bond donors (Lipinski definition) is 4. The number of amidine groups is 1. The van der Waals surface area contributed by atoms with Gasteiger partial charge < -0.3 is 25.4 Å². The van der Waals surface area contributed by atoms with Crippen molar-refractivity contribution >= 4 is 16.9 Å². The van der Waals surface area contributed by atoms with Crippen LogP contribution in [-0.2, 0) is 11.2 Å². The van der Waals surface area contributed by atoms with Crippen LogP contribution in [0.4, 0.5) is 0 Å². The highest BCUT2D eigenvalue weighted by atomic mass is 32.2. The zero-order valence-electron chi connectivity index (χ0n) is 13.6. The number of benzene rings is 1. The van der Waals surface area contributed by atoms with Gasteiger partial charge in [0.1, 0.15) is 23.7 Å². The Balaban J connectivity index is 1.62. The van der Waals surface area contributed by atoms with Crippen LogP contribution in [0.2, 0.25) is 0 Å². The maximum absolute atomic E-state index is 10.5. The third-order valence-corrected chi connectivity index (χ3v) is 5.52. The molecule has 0 aliphatic carbocycles. The third-order valence-electron chi connectivity index (χ3n) is 4.41. The molecule has 2 aliphatic heterocycles. The summed E-state index contributed by atoms with van der Waals surface area (Å²) in [6.07, 6.45) is -2.64. The van der Waals surface area contributed by atoms with Crippen LogP contribution in [0.15, 0.2) is 35.3 Å². The molecular formula is C17H24N2O4S. The fourth-order valence-corrected chi connectivity index (χ4v) is 4.28. The maximum Gasteiger partial charge on any atom is 0.159 e. The van der Waals surface area contributed by atoms with E-state index in [4.69, 9.17) is 4.74 Å². The molecule has 3 rings (SSSR count). The van der Waals surface area contributed by atoms with Crippen molar-refractivity contribution in [3.63, 3.8) is 0 Å². The number of hydrogen-bond acceptors (Lipinski definition) is 6. The summed E-state index contributed by atoms with van der Waals surface area (Å²) in [4.78, 5) is 4.29. The number of aryl methyl sites for hydroxylation is 1. The first kappa shape index (κ1) is 17.7. The second-order valence-corrected chi connectivity index (χ2v) is 7.20. The first-order valence-corrected chi connectivity index (χ1v) is 9.19. The summed E-state index contributed by atoms with van der Waals surface area (Å²) < 4.78 is 5.88. The summed E-state index contributed by atoms with van der Waals surface area (Å²) in [5.74, 6) is 0. The van der Waals surface area contributed by atoms with E-state index in [0.717, 1.165) is 5.56 Å². The molecule has 0 unspecified atom stereocenters. The van der Waals surface area contributed by atoms with Crippen molar-refractivity contribution in [3.05, 3.63) is 35.9 Å². The minimum Gasteiger partial charge on any atom is -0.390 e. The van der Waals surface area contributed by atoms with Crippen molar-refractivity contribution in [2.24, 2.45) is 4.99 Å². The molecule has 4 N–H and O–H groups in total. The number of fused-ring (bicyclic) bond motifs is 1. The lowest BCUT2D eigenvalue weighted by Gasteiger charge is -2.40. The number of aliphatic imine (C=N–C) groups is 1. The van der Waals surface area contributed by atoms with Crippen molar-refractivity contribution in [1.82, 2.24) is 5.32 Å². The topological polar surface area (TPSA) is 94.3 Å². The maximum atomic E-state index is 10.5. The summed E-state index contributed by atoms with van der Waals surface area (Å²) in [6, 6.07) is 9.45. The molecule has 7 heteroatoms. The quantitative estimate of drug-likeness (QED) is 0.617. The van der Waals surface area contributed by atoms with Gasteiger partial charge in [0.2, 0.25) is 0 Å². The molecule has 6 nitrogen and oxygen atoms in total. The van der Waals surface area contributed by atoms with Gasteiger partial charge in [-0.25, -0.2) is 0 Å². The number of thioether (sulfide) groups is 1. The van der Waals surface area contributed by atoms with Crippen LogP contribution in [0.3, 0.4) is 0 Å². The van der Waals surface area contributed by atoms with Gasteiger partial charge in [-0.15, -0.1) is 0 Å². The van der Waals surface area contributed by atoms with Crippen LogP contribution < -0.4 is 5.32 Å². The Morgan fingerprint density at radius 1 is 1.25 bits per heavy atom. The van der Waals surface area contributed by atoms with E-state index in [0.29, 0.717) is 24.6 Å². The third kappa shape index (κ3) is 3.75. The Kier molecular flexibility index (Phi) is 5.78. The van der Waals surface area contributed by atoms with Crippen molar-refractivity contribution in [1.29, 1.82) is 0 Å². The molecule has 2 heterocycles. The number of nitrogens with one attached hydrogen (secondary N) is 1. The van der Waals surface area contributed by atoms with Crippen molar-refractivity contribution in [3.8, 4) is 0 Å². The standard InChI is InChI=1S/C17H24N2O4S/c1-2-18-17-19-12-13(21)14(22)15(23-16(12)24-17)11(20)9-8-10-6-4-3-5-7-10/h3-7,11-16,20-22H,2,8-9H2,1H3,(H,18,19)/t11-,12-,13-,14+,15-,16-/m1/s1. The molecule has 0 bridgehead atoms. The lowest BCUT2D eigenvalue weighted by molar-refractivity contribution is -0.188. The van der Waals surface area contributed by atoms with Crippen LogP contribution in [-0.4, -0.2) is 62.9 Å². The van der Waals surface area contributed by atoms with Crippen molar-refractivity contribution in [2.45, 2.75) is 55.7 Å². The Morgan fingerprint density at radius 2 is 2.00 bits per heavy atom. The molecule has 0 aromatic heterocycles. The van der Waals surface area contributed by atoms with Gasteiger partial charge in [-0.2, -0.15) is 0 Å². The molecule has 2 fully saturated rings. The summed E-state index contributed by atoms with van der Waals surface area (Å²) in [5, 5.41) is 35.0. The molecule has 24 heavy (non-hydrogen) atoms. The van der Waals surface area contributed by atoms with E-state index >= 15 is 0 Å². The fraction of sp³-hybridized carbons (Fsp3) is 0.588. The fourth-order valence-electron chi connectivity index (χ4n) is 3.10. The lowest BCUT2D eigenvalue weighted by Crippen LogP contribution is -2.61. The van der Waals surface area contributed by atoms with E-state index in [9.17, 15) is 15.3 Å². The van der Waals surface area contributed by atoms with Gasteiger partial charge in [-0.05, 0) is 25.3 Å².